The lowest BCUT2D eigenvalue weighted by Gasteiger charge is -2.30. The van der Waals surface area contributed by atoms with Gasteiger partial charge in [0, 0.05) is 37.2 Å². The molecule has 6 heteroatoms. The molecule has 0 saturated carbocycles. The molecule has 1 saturated heterocycles. The summed E-state index contributed by atoms with van der Waals surface area (Å²) in [7, 11) is 0. The number of carbonyl (C=O) groups excluding carboxylic acids is 2. The Morgan fingerprint density at radius 2 is 1.82 bits per heavy atom. The number of hydrogen-bond acceptors (Lipinski definition) is 2. The van der Waals surface area contributed by atoms with Gasteiger partial charge in [-0.25, -0.2) is 4.39 Å². The largest absolute Gasteiger partial charge is 0.352 e. The van der Waals surface area contributed by atoms with Gasteiger partial charge in [-0.3, -0.25) is 9.59 Å². The molecule has 0 atom stereocenters. The first-order valence-electron chi connectivity index (χ1n) is 9.27. The Labute approximate surface area is 169 Å². The number of amides is 2. The minimum atomic E-state index is -0.467. The van der Waals surface area contributed by atoms with E-state index in [2.05, 4.69) is 5.32 Å². The third-order valence-corrected chi connectivity index (χ3v) is 5.21. The van der Waals surface area contributed by atoms with Crippen molar-refractivity contribution in [2.24, 2.45) is 5.92 Å². The summed E-state index contributed by atoms with van der Waals surface area (Å²) in [5.41, 5.74) is 1.26. The van der Waals surface area contributed by atoms with Crippen LogP contribution in [0.15, 0.2) is 54.6 Å². The lowest BCUT2D eigenvalue weighted by atomic mass is 9.95. The molecule has 28 heavy (non-hydrogen) atoms. The molecule has 1 aliphatic heterocycles. The number of hydrogen-bond donors (Lipinski definition) is 1. The van der Waals surface area contributed by atoms with Crippen LogP contribution in [0.1, 0.15) is 24.0 Å². The summed E-state index contributed by atoms with van der Waals surface area (Å²) >= 11 is 5.97. The van der Waals surface area contributed by atoms with Gasteiger partial charge < -0.3 is 10.2 Å². The van der Waals surface area contributed by atoms with Crippen molar-refractivity contribution in [2.45, 2.75) is 19.4 Å². The van der Waals surface area contributed by atoms with Crippen LogP contribution in [0.25, 0.3) is 6.08 Å². The van der Waals surface area contributed by atoms with Crippen LogP contribution in [-0.2, 0) is 16.1 Å². The molecule has 0 spiro atoms. The van der Waals surface area contributed by atoms with Gasteiger partial charge in [-0.15, -0.1) is 0 Å². The summed E-state index contributed by atoms with van der Waals surface area (Å²) in [5, 5.41) is 3.22. The van der Waals surface area contributed by atoms with Crippen molar-refractivity contribution in [2.75, 3.05) is 13.1 Å². The highest BCUT2D eigenvalue weighted by Gasteiger charge is 2.26. The van der Waals surface area contributed by atoms with Crippen LogP contribution in [0.3, 0.4) is 0 Å². The predicted molar refractivity (Wildman–Crippen MR) is 108 cm³/mol. The van der Waals surface area contributed by atoms with E-state index in [9.17, 15) is 14.0 Å². The number of likely N-dealkylation sites (tertiary alicyclic amines) is 1. The molecule has 0 aromatic heterocycles. The molecule has 2 amide bonds. The SMILES string of the molecule is O=C(NCc1ccccc1)C1CCN(C(=O)/C=C/c2c(F)cccc2Cl)CC1. The minimum Gasteiger partial charge on any atom is -0.352 e. The smallest absolute Gasteiger partial charge is 0.246 e. The van der Waals surface area contributed by atoms with Crippen LogP contribution >= 0.6 is 11.6 Å². The van der Waals surface area contributed by atoms with Crippen LogP contribution in [0, 0.1) is 11.7 Å². The van der Waals surface area contributed by atoms with Gasteiger partial charge in [-0.2, -0.15) is 0 Å². The zero-order chi connectivity index (χ0) is 19.9. The van der Waals surface area contributed by atoms with Gasteiger partial charge in [0.25, 0.3) is 0 Å². The van der Waals surface area contributed by atoms with E-state index in [-0.39, 0.29) is 28.3 Å². The Kier molecular flexibility index (Phi) is 6.82. The van der Waals surface area contributed by atoms with Gasteiger partial charge in [0.1, 0.15) is 5.82 Å². The average Bonchev–Trinajstić information content (AvgIpc) is 2.72. The van der Waals surface area contributed by atoms with Crippen molar-refractivity contribution in [3.8, 4) is 0 Å². The molecule has 0 unspecified atom stereocenters. The van der Waals surface area contributed by atoms with Gasteiger partial charge in [-0.05, 0) is 36.6 Å². The lowest BCUT2D eigenvalue weighted by Crippen LogP contribution is -2.42. The molecule has 2 aromatic carbocycles. The Bertz CT molecular complexity index is 842. The summed E-state index contributed by atoms with van der Waals surface area (Å²) < 4.78 is 13.8. The van der Waals surface area contributed by atoms with Crippen molar-refractivity contribution in [1.82, 2.24) is 10.2 Å². The molecule has 146 valence electrons. The first-order valence-corrected chi connectivity index (χ1v) is 9.65. The number of nitrogens with zero attached hydrogens (tertiary/aromatic N) is 1. The summed E-state index contributed by atoms with van der Waals surface area (Å²) in [4.78, 5) is 26.4. The van der Waals surface area contributed by atoms with Crippen LogP contribution in [0.5, 0.6) is 0 Å². The number of rotatable bonds is 5. The highest BCUT2D eigenvalue weighted by molar-refractivity contribution is 6.32. The highest BCUT2D eigenvalue weighted by atomic mass is 35.5. The molecule has 3 rings (SSSR count). The van der Waals surface area contributed by atoms with E-state index >= 15 is 0 Å². The first kappa shape index (κ1) is 20.1. The third kappa shape index (κ3) is 5.20. The monoisotopic (exact) mass is 400 g/mol. The molecule has 0 bridgehead atoms. The minimum absolute atomic E-state index is 0.0182. The maximum Gasteiger partial charge on any atom is 0.246 e. The second-order valence-electron chi connectivity index (χ2n) is 6.77. The van der Waals surface area contributed by atoms with Crippen molar-refractivity contribution in [1.29, 1.82) is 0 Å². The van der Waals surface area contributed by atoms with Gasteiger partial charge in [0.05, 0.1) is 5.02 Å². The second-order valence-corrected chi connectivity index (χ2v) is 7.18. The average molecular weight is 401 g/mol. The zero-order valence-electron chi connectivity index (χ0n) is 15.4. The summed E-state index contributed by atoms with van der Waals surface area (Å²) in [6.45, 7) is 1.50. The molecule has 1 heterocycles. The fourth-order valence-corrected chi connectivity index (χ4v) is 3.45. The Balaban J connectivity index is 1.48. The van der Waals surface area contributed by atoms with E-state index in [0.29, 0.717) is 32.5 Å². The summed E-state index contributed by atoms with van der Waals surface area (Å²) in [5.74, 6) is -0.754. The third-order valence-electron chi connectivity index (χ3n) is 4.88. The highest BCUT2D eigenvalue weighted by Crippen LogP contribution is 2.21. The van der Waals surface area contributed by atoms with E-state index in [0.717, 1.165) is 5.56 Å². The molecule has 0 radical (unpaired) electrons. The maximum absolute atomic E-state index is 13.8. The number of nitrogens with one attached hydrogen (secondary N) is 1. The van der Waals surface area contributed by atoms with Gasteiger partial charge >= 0.3 is 0 Å². The fraction of sp³-hybridized carbons (Fsp3) is 0.273. The van der Waals surface area contributed by atoms with E-state index in [1.165, 1.54) is 24.3 Å². The quantitative estimate of drug-likeness (QED) is 0.770. The standard InChI is InChI=1S/C22H22ClFN2O2/c23-19-7-4-8-20(24)18(19)9-10-21(27)26-13-11-17(12-14-26)22(28)25-15-16-5-2-1-3-6-16/h1-10,17H,11-15H2,(H,25,28)/b10-9+. The molecule has 1 N–H and O–H groups in total. The topological polar surface area (TPSA) is 49.4 Å². The predicted octanol–water partition coefficient (Wildman–Crippen LogP) is 4.05. The number of piperidine rings is 1. The summed E-state index contributed by atoms with van der Waals surface area (Å²) in [6, 6.07) is 14.1. The second kappa shape index (κ2) is 9.51. The van der Waals surface area contributed by atoms with Crippen LogP contribution in [0.4, 0.5) is 4.39 Å². The Morgan fingerprint density at radius 1 is 1.11 bits per heavy atom. The first-order chi connectivity index (χ1) is 13.5. The van der Waals surface area contributed by atoms with Gasteiger partial charge in [0.15, 0.2) is 0 Å². The fourth-order valence-electron chi connectivity index (χ4n) is 3.22. The van der Waals surface area contributed by atoms with E-state index < -0.39 is 5.82 Å². The molecular formula is C22H22ClFN2O2. The van der Waals surface area contributed by atoms with E-state index in [4.69, 9.17) is 11.6 Å². The molecular weight excluding hydrogens is 379 g/mol. The number of benzene rings is 2. The van der Waals surface area contributed by atoms with Crippen molar-refractivity contribution in [3.05, 3.63) is 76.6 Å². The molecule has 1 fully saturated rings. The lowest BCUT2D eigenvalue weighted by molar-refractivity contribution is -0.132. The van der Waals surface area contributed by atoms with Crippen LogP contribution < -0.4 is 5.32 Å². The van der Waals surface area contributed by atoms with Crippen molar-refractivity contribution < 1.29 is 14.0 Å². The van der Waals surface area contributed by atoms with Gasteiger partial charge in [-0.1, -0.05) is 48.0 Å². The number of halogens is 2. The normalized spacial score (nSPS) is 15.0. The Hall–Kier alpha value is -2.66. The summed E-state index contributed by atoms with van der Waals surface area (Å²) in [6.07, 6.45) is 3.96. The van der Waals surface area contributed by atoms with Crippen LogP contribution in [-0.4, -0.2) is 29.8 Å². The number of carbonyl (C=O) groups is 2. The van der Waals surface area contributed by atoms with Gasteiger partial charge in [0.2, 0.25) is 11.8 Å². The van der Waals surface area contributed by atoms with E-state index in [1.807, 2.05) is 30.3 Å². The van der Waals surface area contributed by atoms with Crippen LogP contribution in [0.2, 0.25) is 5.02 Å². The van der Waals surface area contributed by atoms with Crippen molar-refractivity contribution in [3.63, 3.8) is 0 Å². The zero-order valence-corrected chi connectivity index (χ0v) is 16.2. The maximum atomic E-state index is 13.8. The van der Waals surface area contributed by atoms with Crippen molar-refractivity contribution >= 4 is 29.5 Å². The molecule has 1 aliphatic rings. The Morgan fingerprint density at radius 3 is 2.50 bits per heavy atom. The molecule has 2 aromatic rings. The molecule has 0 aliphatic carbocycles. The molecule has 4 nitrogen and oxygen atoms in total. The van der Waals surface area contributed by atoms with E-state index in [1.54, 1.807) is 11.0 Å².